The maximum absolute atomic E-state index is 13.4. The van der Waals surface area contributed by atoms with Crippen LogP contribution in [0.3, 0.4) is 0 Å². The molecule has 0 saturated heterocycles. The number of nitrogens with zero attached hydrogens (tertiary/aromatic N) is 1. The van der Waals surface area contributed by atoms with Gasteiger partial charge in [-0.3, -0.25) is 4.79 Å². The van der Waals surface area contributed by atoms with E-state index in [1.807, 2.05) is 18.2 Å². The molecule has 0 aliphatic carbocycles. The number of benzene rings is 4. The molecule has 1 heterocycles. The smallest absolute Gasteiger partial charge is 0.343 e. The molecule has 0 spiro atoms. The van der Waals surface area contributed by atoms with Gasteiger partial charge in [0.2, 0.25) is 5.75 Å². The minimum atomic E-state index is -0.664. The van der Waals surface area contributed by atoms with E-state index in [0.29, 0.717) is 61.9 Å². The summed E-state index contributed by atoms with van der Waals surface area (Å²) in [5.41, 5.74) is 5.58. The van der Waals surface area contributed by atoms with E-state index >= 15 is 0 Å². The normalized spacial score (nSPS) is 11.0. The summed E-state index contributed by atoms with van der Waals surface area (Å²) in [5.74, 6) is 0.295. The number of halogens is 2. The van der Waals surface area contributed by atoms with Crippen molar-refractivity contribution in [1.82, 2.24) is 10.4 Å². The second kappa shape index (κ2) is 14.3. The third-order valence-corrected chi connectivity index (χ3v) is 7.45. The zero-order chi connectivity index (χ0) is 32.8. The van der Waals surface area contributed by atoms with Crippen LogP contribution in [0.5, 0.6) is 28.7 Å². The first-order valence-electron chi connectivity index (χ1n) is 14.0. The van der Waals surface area contributed by atoms with Gasteiger partial charge in [-0.05, 0) is 67.1 Å². The summed E-state index contributed by atoms with van der Waals surface area (Å²) in [7, 11) is 4.38. The topological polar surface area (TPSA) is 120 Å². The molecule has 1 aromatic heterocycles. The Hall–Kier alpha value is -5.19. The van der Waals surface area contributed by atoms with Crippen molar-refractivity contribution in [2.24, 2.45) is 5.10 Å². The summed E-state index contributed by atoms with van der Waals surface area (Å²) in [6.07, 6.45) is 1.44. The molecule has 0 aliphatic heterocycles. The number of hydrogen-bond acceptors (Lipinski definition) is 8. The molecule has 46 heavy (non-hydrogen) atoms. The Kier molecular flexibility index (Phi) is 10.00. The first-order valence-corrected chi connectivity index (χ1v) is 14.7. The lowest BCUT2D eigenvalue weighted by Gasteiger charge is -2.15. The zero-order valence-corrected chi connectivity index (χ0v) is 26.8. The summed E-state index contributed by atoms with van der Waals surface area (Å²) in [4.78, 5) is 29.6. The number of amides is 1. The Morgan fingerprint density at radius 2 is 1.61 bits per heavy atom. The van der Waals surface area contributed by atoms with Crippen LogP contribution in [0.4, 0.5) is 0 Å². The molecule has 12 heteroatoms. The number of ether oxygens (including phenoxy) is 5. The number of H-pyrrole nitrogens is 1. The molecular weight excluding hydrogens is 633 g/mol. The van der Waals surface area contributed by atoms with E-state index in [9.17, 15) is 9.59 Å². The van der Waals surface area contributed by atoms with Crippen LogP contribution in [-0.2, 0) is 0 Å². The molecule has 236 valence electrons. The molecule has 0 saturated carbocycles. The summed E-state index contributed by atoms with van der Waals surface area (Å²) >= 11 is 12.8. The van der Waals surface area contributed by atoms with Gasteiger partial charge in [-0.25, -0.2) is 10.2 Å². The van der Waals surface area contributed by atoms with E-state index in [2.05, 4.69) is 15.5 Å². The molecule has 2 N–H and O–H groups in total. The highest BCUT2D eigenvalue weighted by Crippen LogP contribution is 2.40. The summed E-state index contributed by atoms with van der Waals surface area (Å²) < 4.78 is 27.4. The van der Waals surface area contributed by atoms with Crippen molar-refractivity contribution >= 4 is 52.2 Å². The largest absolute Gasteiger partial charge is 0.493 e. The fraction of sp³-hybridized carbons (Fsp3) is 0.147. The van der Waals surface area contributed by atoms with Crippen molar-refractivity contribution in [3.05, 3.63) is 99.7 Å². The first kappa shape index (κ1) is 32.2. The van der Waals surface area contributed by atoms with Crippen LogP contribution in [0, 0.1) is 0 Å². The van der Waals surface area contributed by atoms with Gasteiger partial charge in [0.05, 0.1) is 39.7 Å². The number of esters is 1. The number of rotatable bonds is 11. The standard InChI is InChI=1S/C34H29Cl2N3O7/c1-5-45-27-14-19(10-13-26(27)46-34(41)20-15-28(42-2)32(44-4)29(16-20)43-3)18-37-39-33(40)31-30(22-8-6-7-9-24(22)36)23-17-21(35)11-12-25(23)38-31/h6-18,38H,5H2,1-4H3,(H,39,40). The molecule has 0 bridgehead atoms. The maximum Gasteiger partial charge on any atom is 0.343 e. The van der Waals surface area contributed by atoms with Crippen LogP contribution in [0.1, 0.15) is 33.3 Å². The molecule has 0 radical (unpaired) electrons. The van der Waals surface area contributed by atoms with Gasteiger partial charge in [-0.15, -0.1) is 0 Å². The molecule has 4 aromatic carbocycles. The second-order valence-electron chi connectivity index (χ2n) is 9.69. The number of aromatic amines is 1. The van der Waals surface area contributed by atoms with Crippen LogP contribution >= 0.6 is 23.2 Å². The third kappa shape index (κ3) is 6.73. The van der Waals surface area contributed by atoms with E-state index in [-0.39, 0.29) is 17.0 Å². The molecule has 0 aliphatic rings. The minimum Gasteiger partial charge on any atom is -0.493 e. The van der Waals surface area contributed by atoms with Gasteiger partial charge in [0.1, 0.15) is 5.69 Å². The molecule has 10 nitrogen and oxygen atoms in total. The summed E-state index contributed by atoms with van der Waals surface area (Å²) in [6, 6.07) is 20.4. The van der Waals surface area contributed by atoms with E-state index in [0.717, 1.165) is 5.39 Å². The van der Waals surface area contributed by atoms with Gasteiger partial charge in [-0.1, -0.05) is 41.4 Å². The highest BCUT2D eigenvalue weighted by Gasteiger charge is 2.22. The predicted octanol–water partition coefficient (Wildman–Crippen LogP) is 7.55. The van der Waals surface area contributed by atoms with E-state index in [1.54, 1.807) is 49.4 Å². The molecule has 5 aromatic rings. The number of hydrazone groups is 1. The Balaban J connectivity index is 1.37. The van der Waals surface area contributed by atoms with Crippen molar-refractivity contribution in [2.45, 2.75) is 6.92 Å². The van der Waals surface area contributed by atoms with Crippen LogP contribution in [0.2, 0.25) is 10.0 Å². The number of aromatic nitrogens is 1. The zero-order valence-electron chi connectivity index (χ0n) is 25.3. The van der Waals surface area contributed by atoms with Gasteiger partial charge >= 0.3 is 5.97 Å². The van der Waals surface area contributed by atoms with Gasteiger partial charge < -0.3 is 28.7 Å². The molecule has 0 unspecified atom stereocenters. The highest BCUT2D eigenvalue weighted by molar-refractivity contribution is 6.34. The highest BCUT2D eigenvalue weighted by atomic mass is 35.5. The Morgan fingerprint density at radius 1 is 0.870 bits per heavy atom. The molecule has 5 rings (SSSR count). The molecule has 0 fully saturated rings. The fourth-order valence-electron chi connectivity index (χ4n) is 4.81. The summed E-state index contributed by atoms with van der Waals surface area (Å²) in [5, 5.41) is 5.90. The molecular formula is C34H29Cl2N3O7. The number of hydrogen-bond donors (Lipinski definition) is 2. The van der Waals surface area contributed by atoms with E-state index in [1.165, 1.54) is 39.7 Å². The third-order valence-electron chi connectivity index (χ3n) is 6.88. The molecule has 1 amide bonds. The number of carbonyl (C=O) groups is 2. The van der Waals surface area contributed by atoms with E-state index < -0.39 is 11.9 Å². The quantitative estimate of drug-likeness (QED) is 0.0649. The SMILES string of the molecule is CCOc1cc(C=NNC(=O)c2[nH]c3ccc(Cl)cc3c2-c2ccccc2Cl)ccc1OC(=O)c1cc(OC)c(OC)c(OC)c1. The Morgan fingerprint density at radius 3 is 2.28 bits per heavy atom. The number of methoxy groups -OCH3 is 3. The van der Waals surface area contributed by atoms with Crippen molar-refractivity contribution < 1.29 is 33.3 Å². The van der Waals surface area contributed by atoms with Gasteiger partial charge in [0.25, 0.3) is 5.91 Å². The average molecular weight is 663 g/mol. The number of fused-ring (bicyclic) bond motifs is 1. The van der Waals surface area contributed by atoms with Gasteiger partial charge in [-0.2, -0.15) is 5.10 Å². The van der Waals surface area contributed by atoms with Crippen LogP contribution < -0.4 is 29.1 Å². The lowest BCUT2D eigenvalue weighted by Crippen LogP contribution is -2.19. The number of carbonyl (C=O) groups excluding carboxylic acids is 2. The molecule has 0 atom stereocenters. The monoisotopic (exact) mass is 661 g/mol. The van der Waals surface area contributed by atoms with Crippen molar-refractivity contribution in [1.29, 1.82) is 0 Å². The Bertz CT molecular complexity index is 1930. The Labute approximate surface area is 274 Å². The minimum absolute atomic E-state index is 0.181. The van der Waals surface area contributed by atoms with Crippen molar-refractivity contribution in [3.8, 4) is 39.9 Å². The number of nitrogens with one attached hydrogen (secondary N) is 2. The predicted molar refractivity (Wildman–Crippen MR) is 177 cm³/mol. The summed E-state index contributed by atoms with van der Waals surface area (Å²) in [6.45, 7) is 2.11. The van der Waals surface area contributed by atoms with Crippen molar-refractivity contribution in [3.63, 3.8) is 0 Å². The van der Waals surface area contributed by atoms with Crippen LogP contribution in [0.25, 0.3) is 22.0 Å². The fourth-order valence-corrected chi connectivity index (χ4v) is 5.22. The lowest BCUT2D eigenvalue weighted by atomic mass is 10.0. The van der Waals surface area contributed by atoms with Crippen molar-refractivity contribution in [2.75, 3.05) is 27.9 Å². The van der Waals surface area contributed by atoms with Crippen LogP contribution in [0.15, 0.2) is 77.9 Å². The van der Waals surface area contributed by atoms with Gasteiger partial charge in [0.15, 0.2) is 23.0 Å². The van der Waals surface area contributed by atoms with E-state index in [4.69, 9.17) is 46.9 Å². The maximum atomic E-state index is 13.4. The van der Waals surface area contributed by atoms with Gasteiger partial charge in [0, 0.05) is 32.1 Å². The lowest BCUT2D eigenvalue weighted by molar-refractivity contribution is 0.0727. The second-order valence-corrected chi connectivity index (χ2v) is 10.5. The first-order chi connectivity index (χ1) is 22.3. The average Bonchev–Trinajstić information content (AvgIpc) is 3.43. The van der Waals surface area contributed by atoms with Crippen LogP contribution in [-0.4, -0.2) is 51.0 Å².